The molecule has 1 rings (SSSR count). The zero-order valence-electron chi connectivity index (χ0n) is 14.7. The van der Waals surface area contributed by atoms with Crippen LogP contribution in [0.1, 0.15) is 40.5 Å². The molecule has 1 fully saturated rings. The predicted molar refractivity (Wildman–Crippen MR) is 105 cm³/mol. The van der Waals surface area contributed by atoms with E-state index in [1.807, 2.05) is 6.92 Å². The van der Waals surface area contributed by atoms with Crippen molar-refractivity contribution in [3.8, 4) is 0 Å². The van der Waals surface area contributed by atoms with Crippen LogP contribution in [-0.4, -0.2) is 62.8 Å². The van der Waals surface area contributed by atoms with E-state index >= 15 is 0 Å². The molecule has 1 saturated heterocycles. The average molecular weight is 426 g/mol. The van der Waals surface area contributed by atoms with Crippen molar-refractivity contribution in [2.75, 3.05) is 45.9 Å². The third-order valence-electron chi connectivity index (χ3n) is 4.04. The Morgan fingerprint density at radius 3 is 2.55 bits per heavy atom. The number of aliphatic imine (C=N–C) groups is 1. The van der Waals surface area contributed by atoms with Crippen molar-refractivity contribution in [2.45, 2.75) is 46.6 Å². The molecule has 0 aromatic carbocycles. The number of hydrogen-bond acceptors (Lipinski definition) is 3. The molecule has 5 nitrogen and oxygen atoms in total. The van der Waals surface area contributed by atoms with E-state index in [1.165, 1.54) is 25.9 Å². The van der Waals surface area contributed by atoms with E-state index in [9.17, 15) is 0 Å². The van der Waals surface area contributed by atoms with Crippen molar-refractivity contribution >= 4 is 29.9 Å². The van der Waals surface area contributed by atoms with Gasteiger partial charge in [-0.1, -0.05) is 6.92 Å². The van der Waals surface area contributed by atoms with E-state index in [1.54, 1.807) is 0 Å². The van der Waals surface area contributed by atoms with Gasteiger partial charge in [-0.3, -0.25) is 9.89 Å². The molecule has 0 radical (unpaired) electrons. The smallest absolute Gasteiger partial charge is 0.191 e. The van der Waals surface area contributed by atoms with Gasteiger partial charge in [0.25, 0.3) is 0 Å². The molecule has 0 aliphatic carbocycles. The van der Waals surface area contributed by atoms with Crippen molar-refractivity contribution in [1.82, 2.24) is 15.5 Å². The average Bonchev–Trinajstić information content (AvgIpc) is 2.49. The summed E-state index contributed by atoms with van der Waals surface area (Å²) in [5, 5.41) is 6.61. The highest BCUT2D eigenvalue weighted by Crippen LogP contribution is 2.17. The number of halogens is 1. The molecule has 0 aromatic heterocycles. The Labute approximate surface area is 153 Å². The number of nitrogens with one attached hydrogen (secondary N) is 2. The molecule has 22 heavy (non-hydrogen) atoms. The van der Waals surface area contributed by atoms with Crippen LogP contribution in [0.3, 0.4) is 0 Å². The lowest BCUT2D eigenvalue weighted by Crippen LogP contribution is -2.43. The largest absolute Gasteiger partial charge is 0.380 e. The van der Waals surface area contributed by atoms with Crippen LogP contribution in [0.25, 0.3) is 0 Å². The normalized spacial score (nSPS) is 18.6. The van der Waals surface area contributed by atoms with Gasteiger partial charge in [-0.2, -0.15) is 0 Å². The molecular weight excluding hydrogens is 391 g/mol. The molecule has 0 spiro atoms. The lowest BCUT2D eigenvalue weighted by molar-refractivity contribution is 0.150. The number of nitrogens with zero attached hydrogens (tertiary/aromatic N) is 2. The minimum Gasteiger partial charge on any atom is -0.380 e. The SMILES string of the molecule is CCNC(=NCC(C)N1CCC(C)CC1)NCCOCC.I. The summed E-state index contributed by atoms with van der Waals surface area (Å²) >= 11 is 0. The fourth-order valence-electron chi connectivity index (χ4n) is 2.54. The molecule has 1 heterocycles. The molecule has 0 saturated carbocycles. The molecule has 0 bridgehead atoms. The van der Waals surface area contributed by atoms with E-state index in [2.05, 4.69) is 36.3 Å². The Hall–Kier alpha value is -0.0800. The number of guanidine groups is 1. The van der Waals surface area contributed by atoms with Crippen LogP contribution in [0.4, 0.5) is 0 Å². The standard InChI is InChI=1S/C16H34N4O.HI/c1-5-17-16(18-9-12-21-6-2)19-13-15(4)20-10-7-14(3)8-11-20;/h14-15H,5-13H2,1-4H3,(H2,17,18,19);1H. The van der Waals surface area contributed by atoms with Gasteiger partial charge >= 0.3 is 0 Å². The molecule has 132 valence electrons. The lowest BCUT2D eigenvalue weighted by Gasteiger charge is -2.34. The summed E-state index contributed by atoms with van der Waals surface area (Å²) < 4.78 is 5.34. The highest BCUT2D eigenvalue weighted by molar-refractivity contribution is 14.0. The monoisotopic (exact) mass is 426 g/mol. The van der Waals surface area contributed by atoms with E-state index in [0.29, 0.717) is 6.04 Å². The van der Waals surface area contributed by atoms with Crippen LogP contribution in [0, 0.1) is 5.92 Å². The Morgan fingerprint density at radius 1 is 1.27 bits per heavy atom. The van der Waals surface area contributed by atoms with Crippen molar-refractivity contribution in [1.29, 1.82) is 0 Å². The van der Waals surface area contributed by atoms with E-state index in [4.69, 9.17) is 9.73 Å². The summed E-state index contributed by atoms with van der Waals surface area (Å²) in [6.45, 7) is 15.2. The third kappa shape index (κ3) is 9.15. The Balaban J connectivity index is 0.00000441. The molecule has 0 amide bonds. The summed E-state index contributed by atoms with van der Waals surface area (Å²) in [4.78, 5) is 7.27. The molecule has 1 atom stereocenters. The second kappa shape index (κ2) is 13.4. The molecule has 2 N–H and O–H groups in total. The van der Waals surface area contributed by atoms with Crippen molar-refractivity contribution < 1.29 is 4.74 Å². The highest BCUT2D eigenvalue weighted by Gasteiger charge is 2.19. The summed E-state index contributed by atoms with van der Waals surface area (Å²) in [6.07, 6.45) is 2.64. The first kappa shape index (κ1) is 21.9. The van der Waals surface area contributed by atoms with Crippen LogP contribution >= 0.6 is 24.0 Å². The van der Waals surface area contributed by atoms with E-state index in [-0.39, 0.29) is 24.0 Å². The minimum absolute atomic E-state index is 0. The maximum absolute atomic E-state index is 5.34. The Bertz CT molecular complexity index is 294. The fraction of sp³-hybridized carbons (Fsp3) is 0.938. The number of ether oxygens (including phenoxy) is 1. The van der Waals surface area contributed by atoms with Gasteiger partial charge in [0, 0.05) is 25.7 Å². The first-order chi connectivity index (χ1) is 10.2. The van der Waals surface area contributed by atoms with E-state index < -0.39 is 0 Å². The summed E-state index contributed by atoms with van der Waals surface area (Å²) in [5.74, 6) is 1.78. The molecular formula is C16H35IN4O. The fourth-order valence-corrected chi connectivity index (χ4v) is 2.54. The zero-order chi connectivity index (χ0) is 15.5. The molecule has 1 aliphatic rings. The minimum atomic E-state index is 0. The van der Waals surface area contributed by atoms with E-state index in [0.717, 1.165) is 44.7 Å². The van der Waals surface area contributed by atoms with Gasteiger partial charge in [0.2, 0.25) is 0 Å². The Morgan fingerprint density at radius 2 is 1.95 bits per heavy atom. The number of rotatable bonds is 8. The topological polar surface area (TPSA) is 48.9 Å². The third-order valence-corrected chi connectivity index (χ3v) is 4.04. The number of hydrogen-bond donors (Lipinski definition) is 2. The maximum Gasteiger partial charge on any atom is 0.191 e. The lowest BCUT2D eigenvalue weighted by atomic mass is 9.98. The second-order valence-corrected chi connectivity index (χ2v) is 5.91. The quantitative estimate of drug-likeness (QED) is 0.271. The first-order valence-electron chi connectivity index (χ1n) is 8.51. The van der Waals surface area contributed by atoms with Gasteiger partial charge in [-0.15, -0.1) is 24.0 Å². The molecule has 1 unspecified atom stereocenters. The maximum atomic E-state index is 5.34. The summed E-state index contributed by atoms with van der Waals surface area (Å²) in [7, 11) is 0. The molecule has 1 aliphatic heterocycles. The van der Waals surface area contributed by atoms with Crippen molar-refractivity contribution in [3.05, 3.63) is 0 Å². The van der Waals surface area contributed by atoms with Crippen LogP contribution in [0.5, 0.6) is 0 Å². The van der Waals surface area contributed by atoms with Gasteiger partial charge in [-0.05, 0) is 52.6 Å². The predicted octanol–water partition coefficient (Wildman–Crippen LogP) is 2.32. The zero-order valence-corrected chi connectivity index (χ0v) is 17.1. The van der Waals surface area contributed by atoms with Crippen LogP contribution in [0.2, 0.25) is 0 Å². The van der Waals surface area contributed by atoms with Crippen molar-refractivity contribution in [3.63, 3.8) is 0 Å². The molecule has 0 aromatic rings. The summed E-state index contributed by atoms with van der Waals surface area (Å²) in [5.41, 5.74) is 0. The first-order valence-corrected chi connectivity index (χ1v) is 8.51. The second-order valence-electron chi connectivity index (χ2n) is 5.91. The summed E-state index contributed by atoms with van der Waals surface area (Å²) in [6, 6.07) is 0.514. The Kier molecular flexibility index (Phi) is 13.3. The van der Waals surface area contributed by atoms with Gasteiger partial charge in [0.1, 0.15) is 0 Å². The van der Waals surface area contributed by atoms with Crippen LogP contribution in [0.15, 0.2) is 4.99 Å². The van der Waals surface area contributed by atoms with Gasteiger partial charge in [0.05, 0.1) is 13.2 Å². The van der Waals surface area contributed by atoms with Crippen LogP contribution in [-0.2, 0) is 4.74 Å². The number of piperidine rings is 1. The van der Waals surface area contributed by atoms with Crippen molar-refractivity contribution in [2.24, 2.45) is 10.9 Å². The highest BCUT2D eigenvalue weighted by atomic mass is 127. The molecule has 6 heteroatoms. The van der Waals surface area contributed by atoms with Crippen LogP contribution < -0.4 is 10.6 Å². The van der Waals surface area contributed by atoms with Gasteiger partial charge < -0.3 is 15.4 Å². The van der Waals surface area contributed by atoms with Gasteiger partial charge in [-0.25, -0.2) is 0 Å². The van der Waals surface area contributed by atoms with Gasteiger partial charge in [0.15, 0.2) is 5.96 Å². The number of likely N-dealkylation sites (tertiary alicyclic amines) is 1.